The molecule has 0 aliphatic carbocycles. The van der Waals surface area contributed by atoms with Crippen molar-refractivity contribution in [1.29, 1.82) is 0 Å². The quantitative estimate of drug-likeness (QED) is 0.869. The van der Waals surface area contributed by atoms with E-state index in [0.717, 1.165) is 4.47 Å². The lowest BCUT2D eigenvalue weighted by molar-refractivity contribution is 0.102. The van der Waals surface area contributed by atoms with E-state index < -0.39 is 12.5 Å². The second kappa shape index (κ2) is 4.67. The number of hydrogen-bond acceptors (Lipinski definition) is 1. The molecular weight excluding hydrogens is 240 g/mol. The van der Waals surface area contributed by atoms with Crippen LogP contribution in [0, 0.1) is 0 Å². The standard InChI is InChI=1S/C9H10BrF2N/c1-13-8(9(11)12)6-2-4-7(10)5-3-6/h2-5,8-9,13H,1H3/t8-/m0/s1. The van der Waals surface area contributed by atoms with E-state index in [2.05, 4.69) is 21.2 Å². The minimum atomic E-state index is -2.38. The maximum atomic E-state index is 12.4. The molecule has 0 aromatic heterocycles. The molecule has 1 N–H and O–H groups in total. The van der Waals surface area contributed by atoms with Gasteiger partial charge in [-0.25, -0.2) is 8.78 Å². The molecule has 0 amide bonds. The van der Waals surface area contributed by atoms with Crippen LogP contribution in [0.15, 0.2) is 28.7 Å². The number of benzene rings is 1. The zero-order valence-electron chi connectivity index (χ0n) is 7.10. The van der Waals surface area contributed by atoms with Crippen LogP contribution >= 0.6 is 15.9 Å². The highest BCUT2D eigenvalue weighted by molar-refractivity contribution is 9.10. The highest BCUT2D eigenvalue weighted by Gasteiger charge is 2.19. The molecular formula is C9H10BrF2N. The molecule has 1 atom stereocenters. The van der Waals surface area contributed by atoms with Crippen LogP contribution in [0.2, 0.25) is 0 Å². The maximum absolute atomic E-state index is 12.4. The van der Waals surface area contributed by atoms with Gasteiger partial charge in [0.25, 0.3) is 6.43 Å². The third kappa shape index (κ3) is 2.74. The molecule has 0 unspecified atom stereocenters. The van der Waals surface area contributed by atoms with E-state index in [0.29, 0.717) is 5.56 Å². The van der Waals surface area contributed by atoms with Crippen LogP contribution in [0.5, 0.6) is 0 Å². The van der Waals surface area contributed by atoms with E-state index in [-0.39, 0.29) is 0 Å². The van der Waals surface area contributed by atoms with Gasteiger partial charge in [-0.15, -0.1) is 0 Å². The van der Waals surface area contributed by atoms with Gasteiger partial charge in [0.2, 0.25) is 0 Å². The minimum absolute atomic E-state index is 0.598. The molecule has 0 fully saturated rings. The van der Waals surface area contributed by atoms with Crippen molar-refractivity contribution in [3.63, 3.8) is 0 Å². The molecule has 13 heavy (non-hydrogen) atoms. The third-order valence-electron chi connectivity index (χ3n) is 1.79. The van der Waals surface area contributed by atoms with Crippen molar-refractivity contribution in [2.75, 3.05) is 7.05 Å². The molecule has 0 radical (unpaired) electrons. The largest absolute Gasteiger partial charge is 0.308 e. The van der Waals surface area contributed by atoms with Crippen LogP contribution in [-0.2, 0) is 0 Å². The predicted molar refractivity (Wildman–Crippen MR) is 51.9 cm³/mol. The monoisotopic (exact) mass is 249 g/mol. The van der Waals surface area contributed by atoms with Gasteiger partial charge in [0.05, 0.1) is 6.04 Å². The number of nitrogens with one attached hydrogen (secondary N) is 1. The van der Waals surface area contributed by atoms with Gasteiger partial charge in [-0.3, -0.25) is 0 Å². The summed E-state index contributed by atoms with van der Waals surface area (Å²) in [6.07, 6.45) is -2.38. The van der Waals surface area contributed by atoms with Crippen LogP contribution in [0.4, 0.5) is 8.78 Å². The van der Waals surface area contributed by atoms with Gasteiger partial charge in [-0.2, -0.15) is 0 Å². The molecule has 0 saturated heterocycles. The summed E-state index contributed by atoms with van der Waals surface area (Å²) >= 11 is 3.25. The molecule has 0 saturated carbocycles. The van der Waals surface area contributed by atoms with Crippen LogP contribution in [0.1, 0.15) is 11.6 Å². The van der Waals surface area contributed by atoms with E-state index in [1.807, 2.05) is 0 Å². The average Bonchev–Trinajstić information content (AvgIpc) is 2.09. The SMILES string of the molecule is CN[C@@H](c1ccc(Br)cc1)C(F)F. The topological polar surface area (TPSA) is 12.0 Å². The molecule has 1 nitrogen and oxygen atoms in total. The van der Waals surface area contributed by atoms with Crippen LogP contribution in [0.25, 0.3) is 0 Å². The Morgan fingerprint density at radius 2 is 1.77 bits per heavy atom. The number of rotatable bonds is 3. The minimum Gasteiger partial charge on any atom is -0.308 e. The van der Waals surface area contributed by atoms with Gasteiger partial charge >= 0.3 is 0 Å². The van der Waals surface area contributed by atoms with Crippen molar-refractivity contribution in [1.82, 2.24) is 5.32 Å². The molecule has 72 valence electrons. The fourth-order valence-electron chi connectivity index (χ4n) is 1.11. The summed E-state index contributed by atoms with van der Waals surface area (Å²) in [5.74, 6) is 0. The normalized spacial score (nSPS) is 13.3. The van der Waals surface area contributed by atoms with E-state index in [1.54, 1.807) is 24.3 Å². The maximum Gasteiger partial charge on any atom is 0.257 e. The van der Waals surface area contributed by atoms with E-state index in [9.17, 15) is 8.78 Å². The summed E-state index contributed by atoms with van der Waals surface area (Å²) in [5.41, 5.74) is 0.598. The van der Waals surface area contributed by atoms with E-state index in [1.165, 1.54) is 7.05 Å². The zero-order chi connectivity index (χ0) is 9.84. The third-order valence-corrected chi connectivity index (χ3v) is 2.32. The molecule has 0 bridgehead atoms. The fraction of sp³-hybridized carbons (Fsp3) is 0.333. The molecule has 1 aromatic carbocycles. The first-order chi connectivity index (χ1) is 6.15. The van der Waals surface area contributed by atoms with Gasteiger partial charge in [0, 0.05) is 4.47 Å². The van der Waals surface area contributed by atoms with E-state index >= 15 is 0 Å². The number of halogens is 3. The van der Waals surface area contributed by atoms with Gasteiger partial charge in [-0.05, 0) is 24.7 Å². The Bertz CT molecular complexity index is 261. The molecule has 0 aliphatic heterocycles. The lowest BCUT2D eigenvalue weighted by atomic mass is 10.1. The second-order valence-corrected chi connectivity index (χ2v) is 3.57. The lowest BCUT2D eigenvalue weighted by Crippen LogP contribution is -2.23. The van der Waals surface area contributed by atoms with E-state index in [4.69, 9.17) is 0 Å². The van der Waals surface area contributed by atoms with Crippen molar-refractivity contribution >= 4 is 15.9 Å². The predicted octanol–water partition coefficient (Wildman–Crippen LogP) is 2.97. The van der Waals surface area contributed by atoms with Gasteiger partial charge in [-0.1, -0.05) is 28.1 Å². The van der Waals surface area contributed by atoms with Crippen molar-refractivity contribution < 1.29 is 8.78 Å². The highest BCUT2D eigenvalue weighted by atomic mass is 79.9. The molecule has 1 aromatic rings. The Labute approximate surface area is 84.3 Å². The summed E-state index contributed by atoms with van der Waals surface area (Å²) in [7, 11) is 1.53. The molecule has 1 rings (SSSR count). The zero-order valence-corrected chi connectivity index (χ0v) is 8.68. The average molecular weight is 250 g/mol. The van der Waals surface area contributed by atoms with Crippen molar-refractivity contribution in [2.24, 2.45) is 0 Å². The van der Waals surface area contributed by atoms with Gasteiger partial charge in [0.15, 0.2) is 0 Å². The second-order valence-electron chi connectivity index (χ2n) is 2.65. The molecule has 0 spiro atoms. The van der Waals surface area contributed by atoms with Crippen molar-refractivity contribution in [3.05, 3.63) is 34.3 Å². The Morgan fingerprint density at radius 3 is 2.15 bits per heavy atom. The summed E-state index contributed by atoms with van der Waals surface area (Å²) in [6, 6.07) is 5.98. The van der Waals surface area contributed by atoms with Crippen LogP contribution in [0.3, 0.4) is 0 Å². The highest BCUT2D eigenvalue weighted by Crippen LogP contribution is 2.21. The first kappa shape index (κ1) is 10.6. The summed E-state index contributed by atoms with van der Waals surface area (Å²) < 4.78 is 25.7. The Hall–Kier alpha value is -0.480. The Morgan fingerprint density at radius 1 is 1.23 bits per heavy atom. The summed E-state index contributed by atoms with van der Waals surface area (Å²) in [5, 5.41) is 2.57. The van der Waals surface area contributed by atoms with Crippen molar-refractivity contribution in [3.8, 4) is 0 Å². The first-order valence-corrected chi connectivity index (χ1v) is 4.65. The first-order valence-electron chi connectivity index (χ1n) is 3.86. The fourth-order valence-corrected chi connectivity index (χ4v) is 1.37. The van der Waals surface area contributed by atoms with Crippen molar-refractivity contribution in [2.45, 2.75) is 12.5 Å². The smallest absolute Gasteiger partial charge is 0.257 e. The Kier molecular flexibility index (Phi) is 3.81. The molecule has 0 heterocycles. The Balaban J connectivity index is 2.86. The molecule has 0 aliphatic rings. The van der Waals surface area contributed by atoms with Crippen LogP contribution in [-0.4, -0.2) is 13.5 Å². The number of hydrogen-bond donors (Lipinski definition) is 1. The van der Waals surface area contributed by atoms with Crippen LogP contribution < -0.4 is 5.32 Å². The van der Waals surface area contributed by atoms with Gasteiger partial charge in [0.1, 0.15) is 0 Å². The lowest BCUT2D eigenvalue weighted by Gasteiger charge is -2.15. The molecule has 4 heteroatoms. The number of alkyl halides is 2. The summed E-state index contributed by atoms with van der Waals surface area (Å²) in [4.78, 5) is 0. The summed E-state index contributed by atoms with van der Waals surface area (Å²) in [6.45, 7) is 0. The van der Waals surface area contributed by atoms with Gasteiger partial charge < -0.3 is 5.32 Å².